The zero-order valence-corrected chi connectivity index (χ0v) is 21.7. The van der Waals surface area contributed by atoms with Gasteiger partial charge in [-0.05, 0) is 99.6 Å². The molecular formula is C32H38N2O2. The Morgan fingerprint density at radius 3 is 2.22 bits per heavy atom. The first-order valence-corrected chi connectivity index (χ1v) is 13.2. The number of benzene rings is 3. The number of hydrogen-bond donors (Lipinski definition) is 0. The number of allylic oxidation sites excluding steroid dienone is 2. The molecule has 5 rings (SSSR count). The van der Waals surface area contributed by atoms with Crippen molar-refractivity contribution >= 4 is 11.6 Å². The largest absolute Gasteiger partial charge is 0.492 e. The molecular weight excluding hydrogens is 444 g/mol. The summed E-state index contributed by atoms with van der Waals surface area (Å²) in [7, 11) is 0. The van der Waals surface area contributed by atoms with Crippen LogP contribution in [0.25, 0.3) is 11.1 Å². The van der Waals surface area contributed by atoms with Crippen LogP contribution in [0.1, 0.15) is 49.0 Å². The molecule has 2 aliphatic heterocycles. The van der Waals surface area contributed by atoms with Gasteiger partial charge < -0.3 is 9.64 Å². The first-order valence-electron chi connectivity index (χ1n) is 13.2. The predicted molar refractivity (Wildman–Crippen MR) is 150 cm³/mol. The third-order valence-electron chi connectivity index (χ3n) is 6.87. The summed E-state index contributed by atoms with van der Waals surface area (Å²) < 4.78 is 5.93. The maximum Gasteiger partial charge on any atom is 0.258 e. The van der Waals surface area contributed by atoms with Gasteiger partial charge in [-0.3, -0.25) is 9.69 Å². The van der Waals surface area contributed by atoms with Crippen molar-refractivity contribution in [2.45, 2.75) is 39.5 Å². The standard InChI is InChI=1S/C28H30N2O2.C4H8/c31-28-27-15-10-23(22-7-2-1-3-8-22)21-24(27)9-6-18-30(28)25-11-13-26(14-12-25)32-20-19-29-16-4-5-17-29;1-3-4-2/h1-3,7-8,10-15,21H,4-6,9,16-20H2;3-4H,1-2H3/b;4-3-. The van der Waals surface area contributed by atoms with Crippen molar-refractivity contribution in [2.75, 3.05) is 37.7 Å². The van der Waals surface area contributed by atoms with Gasteiger partial charge in [0.15, 0.2) is 0 Å². The van der Waals surface area contributed by atoms with E-state index in [2.05, 4.69) is 29.2 Å². The molecule has 0 saturated carbocycles. The molecule has 1 saturated heterocycles. The van der Waals surface area contributed by atoms with Crippen LogP contribution >= 0.6 is 0 Å². The van der Waals surface area contributed by atoms with Gasteiger partial charge in [0.05, 0.1) is 0 Å². The third-order valence-corrected chi connectivity index (χ3v) is 6.87. The maximum absolute atomic E-state index is 13.4. The molecule has 0 spiro atoms. The van der Waals surface area contributed by atoms with Gasteiger partial charge >= 0.3 is 0 Å². The lowest BCUT2D eigenvalue weighted by molar-refractivity contribution is 0.0988. The highest BCUT2D eigenvalue weighted by molar-refractivity contribution is 6.07. The molecule has 4 heteroatoms. The fourth-order valence-corrected chi connectivity index (χ4v) is 4.76. The molecule has 1 amide bonds. The van der Waals surface area contributed by atoms with Gasteiger partial charge in [-0.1, -0.05) is 54.6 Å². The number of carbonyl (C=O) groups excluding carboxylic acids is 1. The lowest BCUT2D eigenvalue weighted by Gasteiger charge is -2.22. The van der Waals surface area contributed by atoms with Crippen molar-refractivity contribution in [3.05, 3.63) is 96.1 Å². The average Bonchev–Trinajstić information content (AvgIpc) is 3.39. The molecule has 0 bridgehead atoms. The van der Waals surface area contributed by atoms with Gasteiger partial charge in [0, 0.05) is 24.3 Å². The van der Waals surface area contributed by atoms with Crippen molar-refractivity contribution < 1.29 is 9.53 Å². The molecule has 3 aromatic rings. The van der Waals surface area contributed by atoms with E-state index >= 15 is 0 Å². The van der Waals surface area contributed by atoms with Gasteiger partial charge in [0.25, 0.3) is 5.91 Å². The first kappa shape index (κ1) is 25.7. The first-order chi connectivity index (χ1) is 17.7. The van der Waals surface area contributed by atoms with Crippen LogP contribution in [0.15, 0.2) is 84.9 Å². The minimum Gasteiger partial charge on any atom is -0.492 e. The van der Waals surface area contributed by atoms with Gasteiger partial charge in [0.1, 0.15) is 12.4 Å². The Morgan fingerprint density at radius 1 is 0.806 bits per heavy atom. The highest BCUT2D eigenvalue weighted by Gasteiger charge is 2.24. The molecule has 3 aromatic carbocycles. The van der Waals surface area contributed by atoms with Crippen LogP contribution in [-0.2, 0) is 6.42 Å². The minimum atomic E-state index is 0.0832. The van der Waals surface area contributed by atoms with Crippen LogP contribution in [0, 0.1) is 0 Å². The molecule has 0 atom stereocenters. The van der Waals surface area contributed by atoms with Crippen molar-refractivity contribution in [2.24, 2.45) is 0 Å². The summed E-state index contributed by atoms with van der Waals surface area (Å²) in [5.74, 6) is 0.947. The predicted octanol–water partition coefficient (Wildman–Crippen LogP) is 7.00. The van der Waals surface area contributed by atoms with Crippen LogP contribution in [0.4, 0.5) is 5.69 Å². The monoisotopic (exact) mass is 482 g/mol. The molecule has 0 aromatic heterocycles. The van der Waals surface area contributed by atoms with Crippen LogP contribution < -0.4 is 9.64 Å². The number of carbonyl (C=O) groups is 1. The Kier molecular flexibility index (Phi) is 9.34. The van der Waals surface area contributed by atoms with Gasteiger partial charge in [-0.25, -0.2) is 0 Å². The molecule has 4 nitrogen and oxygen atoms in total. The summed E-state index contributed by atoms with van der Waals surface area (Å²) >= 11 is 0. The number of rotatable bonds is 6. The third kappa shape index (κ3) is 6.64. The smallest absolute Gasteiger partial charge is 0.258 e. The summed E-state index contributed by atoms with van der Waals surface area (Å²) in [5, 5.41) is 0. The number of fused-ring (bicyclic) bond motifs is 1. The maximum atomic E-state index is 13.4. The van der Waals surface area contributed by atoms with Crippen molar-refractivity contribution in [3.8, 4) is 16.9 Å². The second-order valence-electron chi connectivity index (χ2n) is 9.36. The number of hydrogen-bond acceptors (Lipinski definition) is 3. The zero-order chi connectivity index (χ0) is 25.2. The number of amides is 1. The van der Waals surface area contributed by atoms with Gasteiger partial charge in [0.2, 0.25) is 0 Å². The van der Waals surface area contributed by atoms with E-state index in [0.717, 1.165) is 48.5 Å². The number of likely N-dealkylation sites (tertiary alicyclic amines) is 1. The van der Waals surface area contributed by atoms with E-state index in [-0.39, 0.29) is 5.91 Å². The molecule has 0 radical (unpaired) electrons. The van der Waals surface area contributed by atoms with E-state index < -0.39 is 0 Å². The molecule has 36 heavy (non-hydrogen) atoms. The fraction of sp³-hybridized carbons (Fsp3) is 0.344. The van der Waals surface area contributed by atoms with E-state index in [4.69, 9.17) is 4.74 Å². The van der Waals surface area contributed by atoms with Crippen LogP contribution in [-0.4, -0.2) is 43.6 Å². The Hall–Kier alpha value is -3.37. The van der Waals surface area contributed by atoms with E-state index in [1.807, 2.05) is 79.4 Å². The Balaban J connectivity index is 0.000000709. The summed E-state index contributed by atoms with van der Waals surface area (Å²) in [5.41, 5.74) is 5.24. The molecule has 0 unspecified atom stereocenters. The number of ether oxygens (including phenoxy) is 1. The summed E-state index contributed by atoms with van der Waals surface area (Å²) in [6.07, 6.45) is 8.46. The number of nitrogens with zero attached hydrogens (tertiary/aromatic N) is 2. The second-order valence-corrected chi connectivity index (χ2v) is 9.36. The van der Waals surface area contributed by atoms with Crippen LogP contribution in [0.5, 0.6) is 5.75 Å². The number of anilines is 1. The molecule has 2 aliphatic rings. The Bertz CT molecular complexity index is 1130. The topological polar surface area (TPSA) is 32.8 Å². The van der Waals surface area contributed by atoms with Crippen molar-refractivity contribution in [3.63, 3.8) is 0 Å². The highest BCUT2D eigenvalue weighted by atomic mass is 16.5. The van der Waals surface area contributed by atoms with E-state index in [1.165, 1.54) is 37.1 Å². The molecule has 188 valence electrons. The average molecular weight is 483 g/mol. The van der Waals surface area contributed by atoms with Gasteiger partial charge in [-0.15, -0.1) is 0 Å². The van der Waals surface area contributed by atoms with Gasteiger partial charge in [-0.2, -0.15) is 0 Å². The summed E-state index contributed by atoms with van der Waals surface area (Å²) in [4.78, 5) is 17.7. The van der Waals surface area contributed by atoms with E-state index in [9.17, 15) is 4.79 Å². The zero-order valence-electron chi connectivity index (χ0n) is 21.7. The second kappa shape index (κ2) is 13.1. The van der Waals surface area contributed by atoms with Crippen LogP contribution in [0.2, 0.25) is 0 Å². The Labute approximate surface area is 216 Å². The van der Waals surface area contributed by atoms with E-state index in [0.29, 0.717) is 6.61 Å². The highest BCUT2D eigenvalue weighted by Crippen LogP contribution is 2.29. The van der Waals surface area contributed by atoms with Crippen molar-refractivity contribution in [1.29, 1.82) is 0 Å². The van der Waals surface area contributed by atoms with Crippen LogP contribution in [0.3, 0.4) is 0 Å². The van der Waals surface area contributed by atoms with E-state index in [1.54, 1.807) is 0 Å². The molecule has 1 fully saturated rings. The fourth-order valence-electron chi connectivity index (χ4n) is 4.76. The summed E-state index contributed by atoms with van der Waals surface area (Å²) in [6.45, 7) is 8.79. The number of aryl methyl sites for hydroxylation is 1. The SMILES string of the molecule is C/C=C\C.O=C1c2ccc(-c3ccccc3)cc2CCCN1c1ccc(OCCN2CCCC2)cc1. The lowest BCUT2D eigenvalue weighted by atomic mass is 9.97. The molecule has 2 heterocycles. The molecule has 0 aliphatic carbocycles. The summed E-state index contributed by atoms with van der Waals surface area (Å²) in [6, 6.07) is 24.6. The minimum absolute atomic E-state index is 0.0832. The Morgan fingerprint density at radius 2 is 1.53 bits per heavy atom. The quantitative estimate of drug-likeness (QED) is 0.355. The normalized spacial score (nSPS) is 15.8. The molecule has 0 N–H and O–H groups in total. The lowest BCUT2D eigenvalue weighted by Crippen LogP contribution is -2.30. The van der Waals surface area contributed by atoms with Crippen molar-refractivity contribution in [1.82, 2.24) is 4.90 Å².